The number of nitrogens with one attached hydrogen (secondary N) is 1. The van der Waals surface area contributed by atoms with Crippen molar-refractivity contribution in [1.29, 1.82) is 0 Å². The van der Waals surface area contributed by atoms with E-state index in [2.05, 4.69) is 36.3 Å². The van der Waals surface area contributed by atoms with E-state index in [9.17, 15) is 4.79 Å². The van der Waals surface area contributed by atoms with Crippen molar-refractivity contribution in [2.24, 2.45) is 5.41 Å². The van der Waals surface area contributed by atoms with E-state index in [0.717, 1.165) is 29.9 Å². The zero-order valence-electron chi connectivity index (χ0n) is 16.5. The van der Waals surface area contributed by atoms with E-state index in [0.29, 0.717) is 11.1 Å². The number of thioether (sulfide) groups is 1. The Morgan fingerprint density at radius 1 is 1.22 bits per heavy atom. The molecule has 0 spiro atoms. The average Bonchev–Trinajstić information content (AvgIpc) is 2.96. The maximum Gasteiger partial charge on any atom is 0.237 e. The van der Waals surface area contributed by atoms with Gasteiger partial charge in [0.2, 0.25) is 11.1 Å². The largest absolute Gasteiger partial charge is 0.325 e. The molecule has 0 aliphatic heterocycles. The summed E-state index contributed by atoms with van der Waals surface area (Å²) in [5.41, 5.74) is 4.33. The SMILES string of the molecule is Cc1ccc(NC(=O)C(C)Sc2nnc3c(n2)C2(C)CCC3C2(C)C)cc1. The lowest BCUT2D eigenvalue weighted by atomic mass is 9.70. The van der Waals surface area contributed by atoms with Crippen molar-refractivity contribution in [3.8, 4) is 0 Å². The molecule has 27 heavy (non-hydrogen) atoms. The van der Waals surface area contributed by atoms with E-state index in [1.807, 2.05) is 38.1 Å². The Bertz CT molecular complexity index is 896. The molecule has 3 unspecified atom stereocenters. The molecule has 1 N–H and O–H groups in total. The molecule has 2 bridgehead atoms. The Hall–Kier alpha value is -1.95. The van der Waals surface area contributed by atoms with Crippen molar-refractivity contribution < 1.29 is 4.79 Å². The van der Waals surface area contributed by atoms with Gasteiger partial charge in [0.15, 0.2) is 0 Å². The Morgan fingerprint density at radius 3 is 2.63 bits per heavy atom. The molecule has 4 rings (SSSR count). The first kappa shape index (κ1) is 18.4. The summed E-state index contributed by atoms with van der Waals surface area (Å²) >= 11 is 1.37. The van der Waals surface area contributed by atoms with E-state index >= 15 is 0 Å². The summed E-state index contributed by atoms with van der Waals surface area (Å²) < 4.78 is 0. The Balaban J connectivity index is 1.50. The predicted molar refractivity (Wildman–Crippen MR) is 108 cm³/mol. The van der Waals surface area contributed by atoms with Crippen LogP contribution in [0.1, 0.15) is 63.4 Å². The molecule has 0 radical (unpaired) electrons. The predicted octanol–water partition coefficient (Wildman–Crippen LogP) is 4.47. The third-order valence-electron chi connectivity index (χ3n) is 6.74. The first-order valence-electron chi connectivity index (χ1n) is 9.51. The topological polar surface area (TPSA) is 67.8 Å². The number of benzene rings is 1. The fourth-order valence-corrected chi connectivity index (χ4v) is 5.22. The third kappa shape index (κ3) is 2.85. The number of aryl methyl sites for hydroxylation is 1. The molecular formula is C21H26N4OS. The normalized spacial score (nSPS) is 25.9. The number of rotatable bonds is 4. The molecule has 3 atom stereocenters. The van der Waals surface area contributed by atoms with Gasteiger partial charge in [-0.2, -0.15) is 5.10 Å². The molecule has 0 saturated heterocycles. The lowest BCUT2D eigenvalue weighted by Crippen LogP contribution is -2.32. The summed E-state index contributed by atoms with van der Waals surface area (Å²) in [5, 5.41) is 12.1. The van der Waals surface area contributed by atoms with Gasteiger partial charge in [-0.25, -0.2) is 4.98 Å². The van der Waals surface area contributed by atoms with E-state index in [1.54, 1.807) is 0 Å². The summed E-state index contributed by atoms with van der Waals surface area (Å²) in [4.78, 5) is 17.4. The van der Waals surface area contributed by atoms with E-state index in [-0.39, 0.29) is 22.0 Å². The Kier molecular flexibility index (Phi) is 4.29. The van der Waals surface area contributed by atoms with Crippen LogP contribution in [0.15, 0.2) is 29.4 Å². The van der Waals surface area contributed by atoms with Crippen molar-refractivity contribution in [1.82, 2.24) is 15.2 Å². The fraction of sp³-hybridized carbons (Fsp3) is 0.524. The molecule has 1 fully saturated rings. The average molecular weight is 383 g/mol. The number of anilines is 1. The summed E-state index contributed by atoms with van der Waals surface area (Å²) in [6.07, 6.45) is 2.30. The molecule has 1 amide bonds. The number of amides is 1. The van der Waals surface area contributed by atoms with Crippen molar-refractivity contribution >= 4 is 23.4 Å². The van der Waals surface area contributed by atoms with Gasteiger partial charge in [-0.3, -0.25) is 4.79 Å². The molecule has 6 heteroatoms. The second-order valence-corrected chi connectivity index (χ2v) is 9.90. The van der Waals surface area contributed by atoms with E-state index in [1.165, 1.54) is 17.3 Å². The van der Waals surface area contributed by atoms with Gasteiger partial charge in [0.25, 0.3) is 0 Å². The minimum absolute atomic E-state index is 0.0473. The first-order chi connectivity index (χ1) is 12.7. The fourth-order valence-electron chi connectivity index (χ4n) is 4.51. The minimum atomic E-state index is -0.300. The zero-order chi connectivity index (χ0) is 19.4. The highest BCUT2D eigenvalue weighted by atomic mass is 32.2. The van der Waals surface area contributed by atoms with E-state index < -0.39 is 0 Å². The smallest absolute Gasteiger partial charge is 0.237 e. The van der Waals surface area contributed by atoms with Crippen LogP contribution in [0, 0.1) is 12.3 Å². The van der Waals surface area contributed by atoms with Gasteiger partial charge in [0, 0.05) is 17.0 Å². The van der Waals surface area contributed by atoms with Gasteiger partial charge >= 0.3 is 0 Å². The summed E-state index contributed by atoms with van der Waals surface area (Å²) in [7, 11) is 0. The van der Waals surface area contributed by atoms with Crippen LogP contribution in [0.25, 0.3) is 0 Å². The number of carbonyl (C=O) groups is 1. The van der Waals surface area contributed by atoms with Gasteiger partial charge in [0.05, 0.1) is 16.6 Å². The van der Waals surface area contributed by atoms with Crippen molar-refractivity contribution in [2.45, 2.75) is 69.2 Å². The highest BCUT2D eigenvalue weighted by Crippen LogP contribution is 2.66. The molecule has 1 saturated carbocycles. The maximum absolute atomic E-state index is 12.5. The van der Waals surface area contributed by atoms with Crippen LogP contribution in [-0.2, 0) is 10.2 Å². The van der Waals surface area contributed by atoms with Crippen molar-refractivity contribution in [2.75, 3.05) is 5.32 Å². The number of fused-ring (bicyclic) bond motifs is 5. The second-order valence-electron chi connectivity index (χ2n) is 8.59. The number of aromatic nitrogens is 3. The highest BCUT2D eigenvalue weighted by Gasteiger charge is 2.61. The van der Waals surface area contributed by atoms with Crippen LogP contribution in [0.5, 0.6) is 0 Å². The Labute approximate surface area is 164 Å². The molecule has 1 aromatic carbocycles. The molecule has 2 aromatic rings. The summed E-state index contributed by atoms with van der Waals surface area (Å²) in [5.74, 6) is 0.389. The monoisotopic (exact) mass is 382 g/mol. The van der Waals surface area contributed by atoms with Crippen molar-refractivity contribution in [3.63, 3.8) is 0 Å². The molecule has 2 aliphatic rings. The van der Waals surface area contributed by atoms with Gasteiger partial charge in [-0.05, 0) is 44.2 Å². The quantitative estimate of drug-likeness (QED) is 0.790. The number of nitrogens with zero attached hydrogens (tertiary/aromatic N) is 3. The van der Waals surface area contributed by atoms with Crippen LogP contribution in [0.4, 0.5) is 5.69 Å². The molecule has 1 aromatic heterocycles. The summed E-state index contributed by atoms with van der Waals surface area (Å²) in [6.45, 7) is 10.8. The Morgan fingerprint density at radius 2 is 1.93 bits per heavy atom. The molecule has 1 heterocycles. The second kappa shape index (κ2) is 6.30. The number of hydrogen-bond donors (Lipinski definition) is 1. The number of hydrogen-bond acceptors (Lipinski definition) is 5. The van der Waals surface area contributed by atoms with Gasteiger partial charge < -0.3 is 5.32 Å². The molecule has 2 aliphatic carbocycles. The van der Waals surface area contributed by atoms with Crippen LogP contribution in [-0.4, -0.2) is 26.3 Å². The zero-order valence-corrected chi connectivity index (χ0v) is 17.4. The molecule has 142 valence electrons. The van der Waals surface area contributed by atoms with Crippen LogP contribution >= 0.6 is 11.8 Å². The van der Waals surface area contributed by atoms with Crippen molar-refractivity contribution in [3.05, 3.63) is 41.2 Å². The lowest BCUT2D eigenvalue weighted by Gasteiger charge is -2.34. The standard InChI is InChI=1S/C21H26N4OS/c1-12-6-8-14(9-7-12)22-18(26)13(2)27-19-23-17-16(24-25-19)15-10-11-21(17,5)20(15,3)4/h6-9,13,15H,10-11H2,1-5H3,(H,22,26). The maximum atomic E-state index is 12.5. The van der Waals surface area contributed by atoms with Crippen LogP contribution in [0.2, 0.25) is 0 Å². The lowest BCUT2D eigenvalue weighted by molar-refractivity contribution is -0.115. The highest BCUT2D eigenvalue weighted by molar-refractivity contribution is 8.00. The van der Waals surface area contributed by atoms with E-state index in [4.69, 9.17) is 4.98 Å². The minimum Gasteiger partial charge on any atom is -0.325 e. The van der Waals surface area contributed by atoms with Crippen LogP contribution in [0.3, 0.4) is 0 Å². The van der Waals surface area contributed by atoms with Gasteiger partial charge in [0.1, 0.15) is 0 Å². The summed E-state index contributed by atoms with van der Waals surface area (Å²) in [6, 6.07) is 7.80. The third-order valence-corrected chi connectivity index (χ3v) is 7.69. The van der Waals surface area contributed by atoms with Crippen LogP contribution < -0.4 is 5.32 Å². The molecule has 5 nitrogen and oxygen atoms in total. The first-order valence-corrected chi connectivity index (χ1v) is 10.4. The number of carbonyl (C=O) groups excluding carboxylic acids is 1. The molecular weight excluding hydrogens is 356 g/mol. The van der Waals surface area contributed by atoms with Gasteiger partial charge in [-0.1, -0.05) is 50.2 Å². The van der Waals surface area contributed by atoms with Gasteiger partial charge in [-0.15, -0.1) is 5.10 Å².